The summed E-state index contributed by atoms with van der Waals surface area (Å²) in [4.78, 5) is 7.46. The SMILES string of the molecule is Cc1cccc(Cn2c(C)c(C)c3ccnc(N4CCCC(c5ccccc5)C4)c32)c1.Cl. The van der Waals surface area contributed by atoms with Gasteiger partial charge in [-0.1, -0.05) is 60.2 Å². The van der Waals surface area contributed by atoms with Crippen LogP contribution in [0.5, 0.6) is 0 Å². The Balaban J connectivity index is 0.00000245. The fourth-order valence-electron chi connectivity index (χ4n) is 5.17. The van der Waals surface area contributed by atoms with E-state index in [-0.39, 0.29) is 12.4 Å². The number of hydrogen-bond donors (Lipinski definition) is 0. The third-order valence-electron chi connectivity index (χ3n) is 6.94. The molecule has 0 N–H and O–H groups in total. The second-order valence-electron chi connectivity index (χ2n) is 9.01. The molecule has 2 aromatic carbocycles. The Kier molecular flexibility index (Phi) is 6.57. The van der Waals surface area contributed by atoms with Crippen LogP contribution < -0.4 is 4.90 Å². The lowest BCUT2D eigenvalue weighted by Crippen LogP contribution is -2.35. The fourth-order valence-corrected chi connectivity index (χ4v) is 5.17. The summed E-state index contributed by atoms with van der Waals surface area (Å²) in [6.45, 7) is 9.65. The highest BCUT2D eigenvalue weighted by molar-refractivity contribution is 5.93. The first-order valence-corrected chi connectivity index (χ1v) is 11.4. The molecule has 1 aliphatic heterocycles. The minimum absolute atomic E-state index is 0. The maximum absolute atomic E-state index is 4.94. The van der Waals surface area contributed by atoms with E-state index in [4.69, 9.17) is 4.98 Å². The van der Waals surface area contributed by atoms with Gasteiger partial charge in [0, 0.05) is 42.8 Å². The summed E-state index contributed by atoms with van der Waals surface area (Å²) in [6, 6.07) is 22.0. The smallest absolute Gasteiger partial charge is 0.153 e. The summed E-state index contributed by atoms with van der Waals surface area (Å²) in [5, 5.41) is 1.33. The van der Waals surface area contributed by atoms with Crippen LogP contribution in [0, 0.1) is 20.8 Å². The van der Waals surface area contributed by atoms with E-state index in [1.165, 1.54) is 51.7 Å². The molecule has 32 heavy (non-hydrogen) atoms. The number of fused-ring (bicyclic) bond motifs is 1. The third-order valence-corrected chi connectivity index (χ3v) is 6.94. The molecule has 1 saturated heterocycles. The molecule has 166 valence electrons. The first kappa shape index (κ1) is 22.4. The van der Waals surface area contributed by atoms with E-state index >= 15 is 0 Å². The highest BCUT2D eigenvalue weighted by Gasteiger charge is 2.25. The molecule has 3 nitrogen and oxygen atoms in total. The van der Waals surface area contributed by atoms with Crippen LogP contribution >= 0.6 is 12.4 Å². The van der Waals surface area contributed by atoms with Gasteiger partial charge in [-0.3, -0.25) is 0 Å². The predicted octanol–water partition coefficient (Wildman–Crippen LogP) is 6.82. The molecule has 0 amide bonds. The number of pyridine rings is 1. The van der Waals surface area contributed by atoms with Crippen molar-refractivity contribution in [1.29, 1.82) is 0 Å². The molecule has 4 aromatic rings. The van der Waals surface area contributed by atoms with Crippen LogP contribution in [0.1, 0.15) is 46.7 Å². The number of nitrogens with zero attached hydrogens (tertiary/aromatic N) is 3. The molecule has 5 rings (SSSR count). The minimum atomic E-state index is 0. The summed E-state index contributed by atoms with van der Waals surface area (Å²) in [5.74, 6) is 1.70. The van der Waals surface area contributed by atoms with E-state index in [0.717, 1.165) is 25.5 Å². The molecule has 0 spiro atoms. The Morgan fingerprint density at radius 2 is 1.78 bits per heavy atom. The summed E-state index contributed by atoms with van der Waals surface area (Å²) in [6.07, 6.45) is 4.44. The highest BCUT2D eigenvalue weighted by atomic mass is 35.5. The first-order chi connectivity index (χ1) is 15.1. The van der Waals surface area contributed by atoms with Gasteiger partial charge in [0.2, 0.25) is 0 Å². The standard InChI is InChI=1S/C28H31N3.ClH/c1-20-9-7-10-23(17-20)18-31-22(3)21(2)26-14-15-29-28(27(26)31)30-16-8-13-25(19-30)24-11-5-4-6-12-24;/h4-7,9-12,14-15,17,25H,8,13,16,18-19H2,1-3H3;1H. The van der Waals surface area contributed by atoms with Crippen molar-refractivity contribution < 1.29 is 0 Å². The van der Waals surface area contributed by atoms with Crippen molar-refractivity contribution in [1.82, 2.24) is 9.55 Å². The molecule has 1 atom stereocenters. The molecule has 2 aromatic heterocycles. The van der Waals surface area contributed by atoms with Crippen molar-refractivity contribution in [3.8, 4) is 0 Å². The van der Waals surface area contributed by atoms with Gasteiger partial charge >= 0.3 is 0 Å². The van der Waals surface area contributed by atoms with Crippen molar-refractivity contribution in [2.75, 3.05) is 18.0 Å². The maximum Gasteiger partial charge on any atom is 0.153 e. The zero-order valence-corrected chi connectivity index (χ0v) is 20.0. The normalized spacial score (nSPS) is 16.2. The van der Waals surface area contributed by atoms with Crippen LogP contribution in [0.15, 0.2) is 66.9 Å². The zero-order chi connectivity index (χ0) is 21.4. The van der Waals surface area contributed by atoms with Gasteiger partial charge in [0.25, 0.3) is 0 Å². The largest absolute Gasteiger partial charge is 0.354 e. The first-order valence-electron chi connectivity index (χ1n) is 11.4. The Morgan fingerprint density at radius 3 is 2.56 bits per heavy atom. The van der Waals surface area contributed by atoms with Gasteiger partial charge in [0.15, 0.2) is 5.82 Å². The molecule has 1 aliphatic rings. The lowest BCUT2D eigenvalue weighted by molar-refractivity contribution is 0.507. The van der Waals surface area contributed by atoms with Crippen LogP contribution in [0.3, 0.4) is 0 Å². The molecular formula is C28H32ClN3. The van der Waals surface area contributed by atoms with Crippen molar-refractivity contribution >= 4 is 29.1 Å². The van der Waals surface area contributed by atoms with E-state index in [1.54, 1.807) is 0 Å². The van der Waals surface area contributed by atoms with Crippen molar-refractivity contribution in [2.24, 2.45) is 0 Å². The van der Waals surface area contributed by atoms with E-state index in [1.807, 2.05) is 6.20 Å². The Morgan fingerprint density at radius 1 is 0.969 bits per heavy atom. The van der Waals surface area contributed by atoms with Crippen LogP contribution in [0.2, 0.25) is 0 Å². The minimum Gasteiger partial charge on any atom is -0.354 e. The van der Waals surface area contributed by atoms with Crippen molar-refractivity contribution in [2.45, 2.75) is 46.1 Å². The predicted molar refractivity (Wildman–Crippen MR) is 137 cm³/mol. The molecular weight excluding hydrogens is 414 g/mol. The van der Waals surface area contributed by atoms with Gasteiger partial charge in [0.1, 0.15) is 0 Å². The topological polar surface area (TPSA) is 21.1 Å². The van der Waals surface area contributed by atoms with Gasteiger partial charge in [-0.25, -0.2) is 4.98 Å². The summed E-state index contributed by atoms with van der Waals surface area (Å²) >= 11 is 0. The number of anilines is 1. The number of halogens is 1. The highest BCUT2D eigenvalue weighted by Crippen LogP contribution is 2.35. The summed E-state index contributed by atoms with van der Waals surface area (Å²) in [5.41, 5.74) is 8.08. The third kappa shape index (κ3) is 4.14. The fraction of sp³-hybridized carbons (Fsp3) is 0.321. The van der Waals surface area contributed by atoms with Crippen LogP contribution in [0.25, 0.3) is 10.9 Å². The monoisotopic (exact) mass is 445 g/mol. The molecule has 1 unspecified atom stereocenters. The Hall–Kier alpha value is -2.78. The van der Waals surface area contributed by atoms with Gasteiger partial charge in [-0.05, 0) is 56.4 Å². The van der Waals surface area contributed by atoms with Gasteiger partial charge in [-0.15, -0.1) is 12.4 Å². The number of benzene rings is 2. The molecule has 0 bridgehead atoms. The summed E-state index contributed by atoms with van der Waals surface area (Å²) < 4.78 is 2.48. The van der Waals surface area contributed by atoms with Crippen LogP contribution in [-0.2, 0) is 6.54 Å². The van der Waals surface area contributed by atoms with E-state index in [2.05, 4.69) is 90.9 Å². The van der Waals surface area contributed by atoms with Crippen LogP contribution in [-0.4, -0.2) is 22.6 Å². The maximum atomic E-state index is 4.94. The van der Waals surface area contributed by atoms with E-state index < -0.39 is 0 Å². The van der Waals surface area contributed by atoms with E-state index in [9.17, 15) is 0 Å². The summed E-state index contributed by atoms with van der Waals surface area (Å²) in [7, 11) is 0. The average molecular weight is 446 g/mol. The van der Waals surface area contributed by atoms with Crippen LogP contribution in [0.4, 0.5) is 5.82 Å². The van der Waals surface area contributed by atoms with Gasteiger partial charge < -0.3 is 9.47 Å². The van der Waals surface area contributed by atoms with Crippen molar-refractivity contribution in [3.63, 3.8) is 0 Å². The number of rotatable bonds is 4. The average Bonchev–Trinajstić information content (AvgIpc) is 3.05. The molecule has 0 radical (unpaired) electrons. The van der Waals surface area contributed by atoms with Gasteiger partial charge in [-0.2, -0.15) is 0 Å². The molecule has 3 heterocycles. The lowest BCUT2D eigenvalue weighted by Gasteiger charge is -2.34. The zero-order valence-electron chi connectivity index (χ0n) is 19.2. The molecule has 4 heteroatoms. The Labute approximate surface area is 197 Å². The van der Waals surface area contributed by atoms with E-state index in [0.29, 0.717) is 5.92 Å². The molecule has 0 saturated carbocycles. The van der Waals surface area contributed by atoms with Crippen molar-refractivity contribution in [3.05, 3.63) is 94.8 Å². The van der Waals surface area contributed by atoms with Gasteiger partial charge in [0.05, 0.1) is 5.52 Å². The lowest BCUT2D eigenvalue weighted by atomic mass is 9.90. The number of hydrogen-bond acceptors (Lipinski definition) is 2. The molecule has 1 fully saturated rings. The second-order valence-corrected chi connectivity index (χ2v) is 9.01. The number of aromatic nitrogens is 2. The quantitative estimate of drug-likeness (QED) is 0.343. The Bertz CT molecular complexity index is 1210. The second kappa shape index (κ2) is 9.38. The molecule has 0 aliphatic carbocycles. The number of aryl methyl sites for hydroxylation is 2. The number of piperidine rings is 1.